The number of nitrogens with zero attached hydrogens (tertiary/aromatic N) is 1. The molecule has 0 bridgehead atoms. The highest BCUT2D eigenvalue weighted by Gasteiger charge is 2.26. The Morgan fingerprint density at radius 1 is 1.43 bits per heavy atom. The molecule has 0 spiro atoms. The molecule has 0 heterocycles. The molecule has 2 unspecified atom stereocenters. The molecule has 2 N–H and O–H groups in total. The first-order valence-corrected chi connectivity index (χ1v) is 7.66. The SMILES string of the molecule is CN(CC(O)c1c(F)cccc1C(Cl)CO)C(=O)OC(C)(C)C. The summed E-state index contributed by atoms with van der Waals surface area (Å²) in [6.07, 6.45) is -1.92. The number of rotatable bonds is 5. The van der Waals surface area contributed by atoms with Crippen LogP contribution in [0.15, 0.2) is 18.2 Å². The van der Waals surface area contributed by atoms with Crippen LogP contribution in [0.2, 0.25) is 0 Å². The highest BCUT2D eigenvalue weighted by molar-refractivity contribution is 6.21. The third-order valence-corrected chi connectivity index (χ3v) is 3.44. The van der Waals surface area contributed by atoms with Gasteiger partial charge >= 0.3 is 6.09 Å². The number of hydrogen-bond donors (Lipinski definition) is 2. The maximum Gasteiger partial charge on any atom is 0.410 e. The molecule has 0 aliphatic rings. The Labute approximate surface area is 140 Å². The zero-order chi connectivity index (χ0) is 17.8. The van der Waals surface area contributed by atoms with Crippen molar-refractivity contribution < 1.29 is 24.1 Å². The van der Waals surface area contributed by atoms with Crippen molar-refractivity contribution in [2.24, 2.45) is 0 Å². The Morgan fingerprint density at radius 2 is 2.04 bits per heavy atom. The lowest BCUT2D eigenvalue weighted by atomic mass is 9.98. The number of aliphatic hydroxyl groups excluding tert-OH is 2. The summed E-state index contributed by atoms with van der Waals surface area (Å²) >= 11 is 5.97. The molecule has 1 aromatic rings. The van der Waals surface area contributed by atoms with E-state index in [1.54, 1.807) is 20.8 Å². The monoisotopic (exact) mass is 347 g/mol. The van der Waals surface area contributed by atoms with Gasteiger partial charge in [-0.1, -0.05) is 12.1 Å². The normalized spacial score (nSPS) is 14.3. The summed E-state index contributed by atoms with van der Waals surface area (Å²) in [6.45, 7) is 4.61. The van der Waals surface area contributed by atoms with Gasteiger partial charge in [0.2, 0.25) is 0 Å². The molecule has 0 aliphatic heterocycles. The molecule has 0 fully saturated rings. The van der Waals surface area contributed by atoms with Gasteiger partial charge in [-0.3, -0.25) is 0 Å². The van der Waals surface area contributed by atoms with Gasteiger partial charge in [0.15, 0.2) is 0 Å². The van der Waals surface area contributed by atoms with E-state index in [1.807, 2.05) is 0 Å². The van der Waals surface area contributed by atoms with Crippen LogP contribution in [0.3, 0.4) is 0 Å². The quantitative estimate of drug-likeness (QED) is 0.803. The third kappa shape index (κ3) is 5.64. The zero-order valence-electron chi connectivity index (χ0n) is 13.7. The number of likely N-dealkylation sites (N-methyl/N-ethyl adjacent to an activating group) is 1. The Bertz CT molecular complexity index is 547. The minimum absolute atomic E-state index is 0.0306. The molecule has 7 heteroatoms. The molecule has 1 rings (SSSR count). The van der Waals surface area contributed by atoms with Crippen LogP contribution in [-0.4, -0.2) is 47.0 Å². The zero-order valence-corrected chi connectivity index (χ0v) is 14.5. The fourth-order valence-corrected chi connectivity index (χ4v) is 2.23. The topological polar surface area (TPSA) is 70.0 Å². The van der Waals surface area contributed by atoms with Crippen molar-refractivity contribution in [3.8, 4) is 0 Å². The van der Waals surface area contributed by atoms with E-state index in [2.05, 4.69) is 0 Å². The van der Waals surface area contributed by atoms with Gasteiger partial charge in [0.05, 0.1) is 24.6 Å². The van der Waals surface area contributed by atoms with Crippen LogP contribution in [0.25, 0.3) is 0 Å². The lowest BCUT2D eigenvalue weighted by Gasteiger charge is -2.27. The number of carbonyl (C=O) groups is 1. The first kappa shape index (κ1) is 19.7. The second-order valence-electron chi connectivity index (χ2n) is 6.27. The molecule has 0 aromatic heterocycles. The number of amides is 1. The second kappa shape index (κ2) is 7.95. The van der Waals surface area contributed by atoms with Gasteiger partial charge in [-0.2, -0.15) is 0 Å². The Morgan fingerprint density at radius 3 is 2.57 bits per heavy atom. The molecule has 5 nitrogen and oxygen atoms in total. The number of carbonyl (C=O) groups excluding carboxylic acids is 1. The number of alkyl halides is 1. The largest absolute Gasteiger partial charge is 0.444 e. The summed E-state index contributed by atoms with van der Waals surface area (Å²) in [7, 11) is 1.45. The number of halogens is 2. The standard InChI is InChI=1S/C16H23ClFNO4/c1-16(2,3)23-15(22)19(4)8-13(21)14-10(11(17)9-20)6-5-7-12(14)18/h5-7,11,13,20-21H,8-9H2,1-4H3. The molecule has 0 radical (unpaired) electrons. The van der Waals surface area contributed by atoms with E-state index >= 15 is 0 Å². The van der Waals surface area contributed by atoms with Crippen LogP contribution in [0.5, 0.6) is 0 Å². The van der Waals surface area contributed by atoms with Crippen molar-refractivity contribution >= 4 is 17.7 Å². The van der Waals surface area contributed by atoms with Gasteiger partial charge in [0, 0.05) is 12.6 Å². The molecule has 1 amide bonds. The molecule has 130 valence electrons. The van der Waals surface area contributed by atoms with Crippen molar-refractivity contribution in [3.05, 3.63) is 35.1 Å². The van der Waals surface area contributed by atoms with Crippen LogP contribution in [0.1, 0.15) is 43.4 Å². The van der Waals surface area contributed by atoms with Crippen molar-refractivity contribution in [2.45, 2.75) is 37.9 Å². The van der Waals surface area contributed by atoms with E-state index < -0.39 is 35.6 Å². The van der Waals surface area contributed by atoms with Gasteiger partial charge < -0.3 is 19.8 Å². The highest BCUT2D eigenvalue weighted by Crippen LogP contribution is 2.30. The Kier molecular flexibility index (Phi) is 6.80. The average molecular weight is 348 g/mol. The maximum atomic E-state index is 14.1. The van der Waals surface area contributed by atoms with Crippen LogP contribution < -0.4 is 0 Å². The fourth-order valence-electron chi connectivity index (χ4n) is 2.04. The minimum Gasteiger partial charge on any atom is -0.444 e. The van der Waals surface area contributed by atoms with E-state index in [0.717, 1.165) is 4.90 Å². The summed E-state index contributed by atoms with van der Waals surface area (Å²) in [5.74, 6) is -0.647. The summed E-state index contributed by atoms with van der Waals surface area (Å²) in [6, 6.07) is 4.17. The van der Waals surface area contributed by atoms with Crippen molar-refractivity contribution in [3.63, 3.8) is 0 Å². The number of benzene rings is 1. The van der Waals surface area contributed by atoms with Crippen LogP contribution >= 0.6 is 11.6 Å². The average Bonchev–Trinajstić information content (AvgIpc) is 2.43. The van der Waals surface area contributed by atoms with Crippen LogP contribution in [0, 0.1) is 5.82 Å². The Hall–Kier alpha value is -1.37. The molecule has 2 atom stereocenters. The van der Waals surface area contributed by atoms with E-state index in [1.165, 1.54) is 25.2 Å². The first-order valence-electron chi connectivity index (χ1n) is 7.22. The third-order valence-electron chi connectivity index (χ3n) is 3.07. The summed E-state index contributed by atoms with van der Waals surface area (Å²) in [5.41, 5.74) is -0.409. The van der Waals surface area contributed by atoms with E-state index in [0.29, 0.717) is 5.56 Å². The molecule has 23 heavy (non-hydrogen) atoms. The van der Waals surface area contributed by atoms with E-state index in [9.17, 15) is 14.3 Å². The molecule has 0 aliphatic carbocycles. The van der Waals surface area contributed by atoms with E-state index in [-0.39, 0.29) is 12.1 Å². The highest BCUT2D eigenvalue weighted by atomic mass is 35.5. The van der Waals surface area contributed by atoms with Gasteiger partial charge in [0.25, 0.3) is 0 Å². The molecule has 0 saturated heterocycles. The summed E-state index contributed by atoms with van der Waals surface area (Å²) in [5, 5.41) is 18.6. The predicted octanol–water partition coefficient (Wildman–Crippen LogP) is 3.00. The lowest BCUT2D eigenvalue weighted by molar-refractivity contribution is 0.0201. The van der Waals surface area contributed by atoms with Crippen molar-refractivity contribution in [1.82, 2.24) is 4.90 Å². The van der Waals surface area contributed by atoms with E-state index in [4.69, 9.17) is 21.4 Å². The molecule has 1 aromatic carbocycles. The second-order valence-corrected chi connectivity index (χ2v) is 6.80. The number of hydrogen-bond acceptors (Lipinski definition) is 4. The van der Waals surface area contributed by atoms with Gasteiger partial charge in [-0.05, 0) is 32.4 Å². The molecular formula is C16H23ClFNO4. The summed E-state index contributed by atoms with van der Waals surface area (Å²) in [4.78, 5) is 13.1. The summed E-state index contributed by atoms with van der Waals surface area (Å²) < 4.78 is 19.3. The lowest BCUT2D eigenvalue weighted by Crippen LogP contribution is -2.36. The minimum atomic E-state index is -1.29. The fraction of sp³-hybridized carbons (Fsp3) is 0.562. The first-order chi connectivity index (χ1) is 10.6. The number of aliphatic hydroxyl groups is 2. The van der Waals surface area contributed by atoms with Gasteiger partial charge in [-0.25, -0.2) is 9.18 Å². The van der Waals surface area contributed by atoms with Gasteiger partial charge in [0.1, 0.15) is 11.4 Å². The smallest absolute Gasteiger partial charge is 0.410 e. The van der Waals surface area contributed by atoms with Crippen molar-refractivity contribution in [1.29, 1.82) is 0 Å². The number of ether oxygens (including phenoxy) is 1. The molecule has 0 saturated carbocycles. The van der Waals surface area contributed by atoms with Gasteiger partial charge in [-0.15, -0.1) is 11.6 Å². The predicted molar refractivity (Wildman–Crippen MR) is 85.9 cm³/mol. The molecular weight excluding hydrogens is 325 g/mol. The van der Waals surface area contributed by atoms with Crippen LogP contribution in [0.4, 0.5) is 9.18 Å². The Balaban J connectivity index is 2.94. The van der Waals surface area contributed by atoms with Crippen molar-refractivity contribution in [2.75, 3.05) is 20.2 Å². The maximum absolute atomic E-state index is 14.1. The van der Waals surface area contributed by atoms with Crippen LogP contribution in [-0.2, 0) is 4.74 Å².